The van der Waals surface area contributed by atoms with Crippen molar-refractivity contribution in [3.63, 3.8) is 0 Å². The van der Waals surface area contributed by atoms with Crippen molar-refractivity contribution >= 4 is 11.6 Å². The van der Waals surface area contributed by atoms with E-state index in [2.05, 4.69) is 29.6 Å². The highest BCUT2D eigenvalue weighted by molar-refractivity contribution is 6.31. The van der Waals surface area contributed by atoms with E-state index in [9.17, 15) is 0 Å². The monoisotopic (exact) mass is 287 g/mol. The first-order chi connectivity index (χ1) is 9.76. The van der Waals surface area contributed by atoms with Crippen LogP contribution in [0.3, 0.4) is 0 Å². The lowest BCUT2D eigenvalue weighted by molar-refractivity contribution is 0.303. The predicted molar refractivity (Wildman–Crippen MR) is 83.3 cm³/mol. The second kappa shape index (κ2) is 5.86. The molecule has 1 saturated carbocycles. The van der Waals surface area contributed by atoms with Crippen molar-refractivity contribution in [1.82, 2.24) is 5.32 Å². The molecule has 1 aliphatic carbocycles. The quantitative estimate of drug-likeness (QED) is 0.887. The fraction of sp³-hybridized carbons (Fsp3) is 0.294. The maximum Gasteiger partial charge on any atom is 0.120 e. The van der Waals surface area contributed by atoms with Crippen molar-refractivity contribution in [2.75, 3.05) is 7.05 Å². The molecule has 2 aromatic carbocycles. The zero-order valence-corrected chi connectivity index (χ0v) is 12.3. The van der Waals surface area contributed by atoms with E-state index in [1.54, 1.807) is 0 Å². The highest BCUT2D eigenvalue weighted by Gasteiger charge is 2.23. The van der Waals surface area contributed by atoms with Gasteiger partial charge in [-0.05, 0) is 54.8 Å². The summed E-state index contributed by atoms with van der Waals surface area (Å²) in [7, 11) is 1.92. The highest BCUT2D eigenvalue weighted by atomic mass is 35.5. The van der Waals surface area contributed by atoms with E-state index in [4.69, 9.17) is 16.3 Å². The number of ether oxygens (including phenoxy) is 1. The van der Waals surface area contributed by atoms with Gasteiger partial charge in [-0.1, -0.05) is 35.9 Å². The van der Waals surface area contributed by atoms with E-state index in [0.717, 1.165) is 34.0 Å². The van der Waals surface area contributed by atoms with Crippen molar-refractivity contribution in [3.8, 4) is 16.9 Å². The van der Waals surface area contributed by atoms with E-state index in [0.29, 0.717) is 6.10 Å². The lowest BCUT2D eigenvalue weighted by Gasteiger charge is -2.09. The molecule has 0 aromatic heterocycles. The van der Waals surface area contributed by atoms with Gasteiger partial charge in [0.15, 0.2) is 0 Å². The summed E-state index contributed by atoms with van der Waals surface area (Å²) < 4.78 is 5.84. The lowest BCUT2D eigenvalue weighted by atomic mass is 10.0. The normalized spacial score (nSPS) is 14.3. The minimum Gasteiger partial charge on any atom is -0.490 e. The average molecular weight is 288 g/mol. The Morgan fingerprint density at radius 1 is 1.15 bits per heavy atom. The van der Waals surface area contributed by atoms with Crippen LogP contribution in [-0.4, -0.2) is 13.2 Å². The third-order valence-electron chi connectivity index (χ3n) is 3.41. The molecule has 1 fully saturated rings. The molecular formula is C17H18ClNO. The third kappa shape index (κ3) is 3.14. The topological polar surface area (TPSA) is 21.3 Å². The van der Waals surface area contributed by atoms with Crippen LogP contribution < -0.4 is 10.1 Å². The Hall–Kier alpha value is -1.51. The minimum atomic E-state index is 0.423. The summed E-state index contributed by atoms with van der Waals surface area (Å²) in [5.74, 6) is 0.945. The van der Waals surface area contributed by atoms with Gasteiger partial charge in [-0.25, -0.2) is 0 Å². The first kappa shape index (κ1) is 13.5. The van der Waals surface area contributed by atoms with Gasteiger partial charge in [0.1, 0.15) is 5.75 Å². The third-order valence-corrected chi connectivity index (χ3v) is 3.77. The van der Waals surface area contributed by atoms with Crippen molar-refractivity contribution in [2.45, 2.75) is 25.5 Å². The van der Waals surface area contributed by atoms with Gasteiger partial charge < -0.3 is 10.1 Å². The predicted octanol–water partition coefficient (Wildman–Crippen LogP) is 4.27. The van der Waals surface area contributed by atoms with Crippen LogP contribution in [0, 0.1) is 0 Å². The van der Waals surface area contributed by atoms with Crippen LogP contribution in [0.2, 0.25) is 5.02 Å². The number of benzene rings is 2. The number of hydrogen-bond donors (Lipinski definition) is 1. The fourth-order valence-corrected chi connectivity index (χ4v) is 2.44. The van der Waals surface area contributed by atoms with Crippen LogP contribution in [-0.2, 0) is 6.54 Å². The molecule has 2 nitrogen and oxygen atoms in total. The van der Waals surface area contributed by atoms with Gasteiger partial charge in [-0.2, -0.15) is 0 Å². The van der Waals surface area contributed by atoms with Crippen LogP contribution in [0.5, 0.6) is 5.75 Å². The average Bonchev–Trinajstić information content (AvgIpc) is 3.25. The number of nitrogens with one attached hydrogen (secondary N) is 1. The van der Waals surface area contributed by atoms with E-state index in [1.807, 2.05) is 25.2 Å². The van der Waals surface area contributed by atoms with Crippen LogP contribution in [0.25, 0.3) is 11.1 Å². The molecule has 104 valence electrons. The van der Waals surface area contributed by atoms with Gasteiger partial charge in [0.25, 0.3) is 0 Å². The van der Waals surface area contributed by atoms with Gasteiger partial charge in [0, 0.05) is 11.6 Å². The Kier molecular flexibility index (Phi) is 3.95. The standard InChI is InChI=1S/C17H18ClNO/c1-19-11-14-6-5-13(10-17(14)18)12-3-2-4-16(9-12)20-15-7-8-15/h2-6,9-10,15,19H,7-8,11H2,1H3. The van der Waals surface area contributed by atoms with Crippen molar-refractivity contribution < 1.29 is 4.74 Å². The van der Waals surface area contributed by atoms with E-state index >= 15 is 0 Å². The summed E-state index contributed by atoms with van der Waals surface area (Å²) in [6.45, 7) is 0.782. The lowest BCUT2D eigenvalue weighted by Crippen LogP contribution is -2.05. The maximum atomic E-state index is 6.32. The van der Waals surface area contributed by atoms with Crippen LogP contribution in [0.4, 0.5) is 0 Å². The SMILES string of the molecule is CNCc1ccc(-c2cccc(OC3CC3)c2)cc1Cl. The van der Waals surface area contributed by atoms with Crippen LogP contribution >= 0.6 is 11.6 Å². The Bertz CT molecular complexity index is 608. The summed E-state index contributed by atoms with van der Waals surface area (Å²) in [5, 5.41) is 3.91. The summed E-state index contributed by atoms with van der Waals surface area (Å²) in [4.78, 5) is 0. The maximum absolute atomic E-state index is 6.32. The molecule has 1 N–H and O–H groups in total. The zero-order chi connectivity index (χ0) is 13.9. The molecule has 0 spiro atoms. The highest BCUT2D eigenvalue weighted by Crippen LogP contribution is 2.31. The molecule has 0 atom stereocenters. The Morgan fingerprint density at radius 2 is 1.95 bits per heavy atom. The molecule has 0 heterocycles. The first-order valence-corrected chi connectivity index (χ1v) is 7.34. The Balaban J connectivity index is 1.85. The first-order valence-electron chi connectivity index (χ1n) is 6.96. The summed E-state index contributed by atoms with van der Waals surface area (Å²) in [6.07, 6.45) is 2.77. The number of halogens is 1. The van der Waals surface area contributed by atoms with Crippen molar-refractivity contribution in [3.05, 3.63) is 53.1 Å². The summed E-state index contributed by atoms with van der Waals surface area (Å²) in [5.41, 5.74) is 3.38. The molecular weight excluding hydrogens is 270 g/mol. The Labute approximate surface area is 124 Å². The largest absolute Gasteiger partial charge is 0.490 e. The van der Waals surface area contributed by atoms with Gasteiger partial charge in [-0.3, -0.25) is 0 Å². The molecule has 0 amide bonds. The smallest absolute Gasteiger partial charge is 0.120 e. The number of rotatable bonds is 5. The molecule has 0 aliphatic heterocycles. The van der Waals surface area contributed by atoms with Crippen LogP contribution in [0.1, 0.15) is 18.4 Å². The van der Waals surface area contributed by atoms with Gasteiger partial charge in [0.2, 0.25) is 0 Å². The molecule has 2 aromatic rings. The van der Waals surface area contributed by atoms with Crippen LogP contribution in [0.15, 0.2) is 42.5 Å². The molecule has 0 radical (unpaired) electrons. The Morgan fingerprint density at radius 3 is 2.65 bits per heavy atom. The van der Waals surface area contributed by atoms with E-state index < -0.39 is 0 Å². The minimum absolute atomic E-state index is 0.423. The summed E-state index contributed by atoms with van der Waals surface area (Å²) >= 11 is 6.32. The van der Waals surface area contributed by atoms with E-state index in [-0.39, 0.29) is 0 Å². The molecule has 3 rings (SSSR count). The van der Waals surface area contributed by atoms with E-state index in [1.165, 1.54) is 12.8 Å². The van der Waals surface area contributed by atoms with Crippen molar-refractivity contribution in [1.29, 1.82) is 0 Å². The molecule has 3 heteroatoms. The fourth-order valence-electron chi connectivity index (χ4n) is 2.19. The second-order valence-electron chi connectivity index (χ2n) is 5.18. The summed E-state index contributed by atoms with van der Waals surface area (Å²) in [6, 6.07) is 14.4. The molecule has 20 heavy (non-hydrogen) atoms. The molecule has 1 aliphatic rings. The van der Waals surface area contributed by atoms with Gasteiger partial charge in [-0.15, -0.1) is 0 Å². The zero-order valence-electron chi connectivity index (χ0n) is 11.5. The van der Waals surface area contributed by atoms with Crippen molar-refractivity contribution in [2.24, 2.45) is 0 Å². The van der Waals surface area contributed by atoms with Gasteiger partial charge >= 0.3 is 0 Å². The molecule has 0 bridgehead atoms. The number of hydrogen-bond acceptors (Lipinski definition) is 2. The molecule has 0 saturated heterocycles. The second-order valence-corrected chi connectivity index (χ2v) is 5.59. The molecule has 0 unspecified atom stereocenters. The van der Waals surface area contributed by atoms with Gasteiger partial charge in [0.05, 0.1) is 6.10 Å².